The Kier molecular flexibility index (Phi) is 8.41. The van der Waals surface area contributed by atoms with Crippen LogP contribution in [0.2, 0.25) is 0 Å². The maximum absolute atomic E-state index is 14.9. The molecule has 11 heteroatoms. The number of hydrogen-bond acceptors (Lipinski definition) is 7. The molecule has 3 aromatic rings. The highest BCUT2D eigenvalue weighted by molar-refractivity contribution is 5.95. The molecule has 0 unspecified atom stereocenters. The number of piperidine rings is 1. The highest BCUT2D eigenvalue weighted by atomic mass is 19.1. The van der Waals surface area contributed by atoms with Crippen LogP contribution >= 0.6 is 0 Å². The summed E-state index contributed by atoms with van der Waals surface area (Å²) < 4.78 is 21.2. The van der Waals surface area contributed by atoms with E-state index in [0.717, 1.165) is 69.1 Å². The molecular weight excluding hydrogens is 587 g/mol. The molecule has 2 amide bonds. The number of amides is 2. The zero-order valence-electron chi connectivity index (χ0n) is 26.3. The molecule has 10 nitrogen and oxygen atoms in total. The largest absolute Gasteiger partial charge is 0.372 e. The zero-order chi connectivity index (χ0) is 31.9. The minimum absolute atomic E-state index is 0.00603. The van der Waals surface area contributed by atoms with Gasteiger partial charge in [0, 0.05) is 56.5 Å². The fourth-order valence-corrected chi connectivity index (χ4v) is 7.80. The van der Waals surface area contributed by atoms with Crippen molar-refractivity contribution in [1.29, 1.82) is 0 Å². The van der Waals surface area contributed by atoms with E-state index in [1.807, 2.05) is 17.0 Å². The maximum Gasteiger partial charge on any atom is 0.272 e. The van der Waals surface area contributed by atoms with Gasteiger partial charge in [0.1, 0.15) is 5.82 Å². The van der Waals surface area contributed by atoms with Crippen LogP contribution in [0.5, 0.6) is 0 Å². The van der Waals surface area contributed by atoms with Gasteiger partial charge in [-0.2, -0.15) is 5.10 Å². The summed E-state index contributed by atoms with van der Waals surface area (Å²) in [5.41, 5.74) is 7.34. The summed E-state index contributed by atoms with van der Waals surface area (Å²) in [7, 11) is 0. The van der Waals surface area contributed by atoms with Gasteiger partial charge in [-0.25, -0.2) is 9.49 Å². The van der Waals surface area contributed by atoms with Crippen LogP contribution < -0.4 is 11.3 Å². The summed E-state index contributed by atoms with van der Waals surface area (Å²) in [6.45, 7) is 5.23. The fraction of sp³-hybridized carbons (Fsp3) is 0.543. The van der Waals surface area contributed by atoms with Crippen LogP contribution in [0.15, 0.2) is 47.3 Å². The van der Waals surface area contributed by atoms with Gasteiger partial charge < -0.3 is 25.2 Å². The molecule has 1 saturated carbocycles. The quantitative estimate of drug-likeness (QED) is 0.411. The molecule has 5 fully saturated rings. The molecule has 2 aromatic carbocycles. The lowest BCUT2D eigenvalue weighted by Crippen LogP contribution is -2.63. The number of aromatic nitrogens is 2. The van der Waals surface area contributed by atoms with E-state index in [1.165, 1.54) is 6.07 Å². The summed E-state index contributed by atoms with van der Waals surface area (Å²) >= 11 is 0. The van der Waals surface area contributed by atoms with Crippen LogP contribution in [-0.4, -0.2) is 100 Å². The van der Waals surface area contributed by atoms with Crippen molar-refractivity contribution < 1.29 is 18.7 Å². The monoisotopic (exact) mass is 630 g/mol. The fourth-order valence-electron chi connectivity index (χ4n) is 7.80. The molecule has 46 heavy (non-hydrogen) atoms. The topological polar surface area (TPSA) is 125 Å². The summed E-state index contributed by atoms with van der Waals surface area (Å²) in [6.07, 6.45) is 7.05. The third-order valence-corrected chi connectivity index (χ3v) is 10.8. The minimum Gasteiger partial charge on any atom is -0.372 e. The number of fused-ring (bicyclic) bond motifs is 4. The van der Waals surface area contributed by atoms with E-state index in [2.05, 4.69) is 15.1 Å². The SMILES string of the molecule is NC12CCC(CN3CCC(CC(=O)N4CCN(C(=O)c5cc(Cc6n[nH]c(=O)c7ccccc67)ccc5F)CC4)CC3)(CC1)OC2. The minimum atomic E-state index is -0.580. The number of rotatable bonds is 7. The molecule has 1 aliphatic carbocycles. The predicted octanol–water partition coefficient (Wildman–Crippen LogP) is 3.08. The Hall–Kier alpha value is -3.67. The van der Waals surface area contributed by atoms with Gasteiger partial charge in [-0.1, -0.05) is 24.3 Å². The molecule has 0 radical (unpaired) electrons. The van der Waals surface area contributed by atoms with Crippen molar-refractivity contribution in [1.82, 2.24) is 24.9 Å². The van der Waals surface area contributed by atoms with Crippen molar-refractivity contribution >= 4 is 22.6 Å². The molecule has 5 aliphatic rings. The molecule has 8 rings (SSSR count). The predicted molar refractivity (Wildman–Crippen MR) is 172 cm³/mol. The molecular formula is C35H43FN6O4. The van der Waals surface area contributed by atoms with Crippen molar-refractivity contribution in [3.63, 3.8) is 0 Å². The van der Waals surface area contributed by atoms with Gasteiger partial charge in [-0.15, -0.1) is 0 Å². The smallest absolute Gasteiger partial charge is 0.272 e. The van der Waals surface area contributed by atoms with Crippen LogP contribution in [0.3, 0.4) is 0 Å². The maximum atomic E-state index is 14.9. The lowest BCUT2D eigenvalue weighted by Gasteiger charge is -2.53. The lowest BCUT2D eigenvalue weighted by molar-refractivity contribution is -0.164. The van der Waals surface area contributed by atoms with Gasteiger partial charge in [0.15, 0.2) is 0 Å². The van der Waals surface area contributed by atoms with Crippen LogP contribution in [-0.2, 0) is 16.0 Å². The summed E-state index contributed by atoms with van der Waals surface area (Å²) in [5, 5.41) is 8.00. The molecule has 4 aliphatic heterocycles. The van der Waals surface area contributed by atoms with E-state index in [0.29, 0.717) is 62.6 Å². The number of piperazine rings is 1. The number of hydrogen-bond donors (Lipinski definition) is 2. The Morgan fingerprint density at radius 3 is 2.35 bits per heavy atom. The second-order valence-electron chi connectivity index (χ2n) is 14.0. The average molecular weight is 631 g/mol. The van der Waals surface area contributed by atoms with Gasteiger partial charge in [0.05, 0.1) is 28.9 Å². The number of likely N-dealkylation sites (tertiary alicyclic amines) is 1. The molecule has 2 bridgehead atoms. The van der Waals surface area contributed by atoms with Crippen molar-refractivity contribution in [2.45, 2.75) is 62.5 Å². The first-order valence-electron chi connectivity index (χ1n) is 16.7. The van der Waals surface area contributed by atoms with Gasteiger partial charge in [0.2, 0.25) is 5.91 Å². The number of nitrogens with one attached hydrogen (secondary N) is 1. The van der Waals surface area contributed by atoms with Crippen molar-refractivity contribution in [3.05, 3.63) is 75.5 Å². The lowest BCUT2D eigenvalue weighted by atomic mass is 9.71. The van der Waals surface area contributed by atoms with Crippen molar-refractivity contribution in [2.24, 2.45) is 11.7 Å². The first-order valence-corrected chi connectivity index (χ1v) is 16.7. The third-order valence-electron chi connectivity index (χ3n) is 10.8. The van der Waals surface area contributed by atoms with Gasteiger partial charge in [-0.3, -0.25) is 14.4 Å². The number of nitrogens with zero attached hydrogens (tertiary/aromatic N) is 4. The number of aromatic amines is 1. The molecule has 4 saturated heterocycles. The summed E-state index contributed by atoms with van der Waals surface area (Å²) in [6, 6.07) is 11.7. The Labute approximate surface area is 268 Å². The third kappa shape index (κ3) is 6.32. The van der Waals surface area contributed by atoms with Crippen LogP contribution in [0.25, 0.3) is 10.8 Å². The molecule has 5 heterocycles. The Balaban J connectivity index is 0.898. The Bertz CT molecular complexity index is 1650. The Morgan fingerprint density at radius 2 is 1.65 bits per heavy atom. The molecule has 3 N–H and O–H groups in total. The van der Waals surface area contributed by atoms with Crippen LogP contribution in [0, 0.1) is 11.7 Å². The van der Waals surface area contributed by atoms with Gasteiger partial charge in [-0.05, 0) is 81.3 Å². The van der Waals surface area contributed by atoms with E-state index in [9.17, 15) is 18.8 Å². The van der Waals surface area contributed by atoms with Crippen molar-refractivity contribution in [2.75, 3.05) is 52.4 Å². The molecule has 0 atom stereocenters. The van der Waals surface area contributed by atoms with Crippen LogP contribution in [0.1, 0.15) is 66.6 Å². The summed E-state index contributed by atoms with van der Waals surface area (Å²) in [4.78, 5) is 44.8. The molecule has 0 spiro atoms. The second-order valence-corrected chi connectivity index (χ2v) is 14.0. The normalized spacial score (nSPS) is 25.7. The van der Waals surface area contributed by atoms with E-state index >= 15 is 0 Å². The second kappa shape index (κ2) is 12.5. The number of carbonyl (C=O) groups excluding carboxylic acids is 2. The zero-order valence-corrected chi connectivity index (χ0v) is 26.3. The highest BCUT2D eigenvalue weighted by Gasteiger charge is 2.48. The van der Waals surface area contributed by atoms with E-state index < -0.39 is 5.82 Å². The molecule has 1 aromatic heterocycles. The summed E-state index contributed by atoms with van der Waals surface area (Å²) in [5.74, 6) is -0.458. The van der Waals surface area contributed by atoms with Crippen LogP contribution in [0.4, 0.5) is 4.39 Å². The van der Waals surface area contributed by atoms with Gasteiger partial charge >= 0.3 is 0 Å². The van der Waals surface area contributed by atoms with E-state index in [-0.39, 0.29) is 34.1 Å². The number of benzene rings is 2. The highest BCUT2D eigenvalue weighted by Crippen LogP contribution is 2.43. The number of nitrogens with two attached hydrogens (primary N) is 1. The number of ether oxygens (including phenoxy) is 1. The number of H-pyrrole nitrogens is 1. The standard InChI is InChI=1S/C35H43FN6O4/c36-29-6-5-25(20-30-26-3-1-2-4-27(26)32(44)39-38-30)19-28(29)33(45)42-17-15-41(16-18-42)31(43)21-24-7-13-40(14-8-24)22-35-11-9-34(37,10-12-35)23-46-35/h1-6,19,24H,7-18,20-23,37H2,(H,39,44). The van der Waals surface area contributed by atoms with Crippen molar-refractivity contribution in [3.8, 4) is 0 Å². The van der Waals surface area contributed by atoms with Gasteiger partial charge in [0.25, 0.3) is 11.5 Å². The number of carbonyl (C=O) groups is 2. The molecule has 244 valence electrons. The average Bonchev–Trinajstić information content (AvgIpc) is 3.08. The van der Waals surface area contributed by atoms with E-state index in [4.69, 9.17) is 10.5 Å². The Morgan fingerprint density at radius 1 is 0.957 bits per heavy atom. The first kappa shape index (κ1) is 31.0. The first-order chi connectivity index (χ1) is 22.2. The van der Waals surface area contributed by atoms with E-state index in [1.54, 1.807) is 29.2 Å². The number of halogens is 1.